The monoisotopic (exact) mass is 294 g/mol. The highest BCUT2D eigenvalue weighted by atomic mass is 16.4. The van der Waals surface area contributed by atoms with E-state index in [4.69, 9.17) is 9.52 Å². The van der Waals surface area contributed by atoms with E-state index in [9.17, 15) is 4.79 Å². The van der Waals surface area contributed by atoms with Crippen LogP contribution in [0.1, 0.15) is 21.5 Å². The molecule has 1 aromatic heterocycles. The van der Waals surface area contributed by atoms with Crippen LogP contribution in [0.5, 0.6) is 0 Å². The van der Waals surface area contributed by atoms with Gasteiger partial charge in [-0.1, -0.05) is 23.3 Å². The van der Waals surface area contributed by atoms with Crippen LogP contribution >= 0.6 is 0 Å². The fourth-order valence-corrected chi connectivity index (χ4v) is 2.34. The zero-order valence-corrected chi connectivity index (χ0v) is 12.2. The third-order valence-electron chi connectivity index (χ3n) is 3.25. The normalized spacial score (nSPS) is 10.6. The standard InChI is InChI=1S/C17H14N2O3/c1-10-6-11(2)8-14(7-10)16-19-18-15(22-16)12-4-3-5-13(9-12)17(20)21/h3-9H,1-2H3,(H,20,21). The summed E-state index contributed by atoms with van der Waals surface area (Å²) in [6, 6.07) is 12.4. The molecule has 0 aliphatic carbocycles. The number of carboxylic acid groups (broad SMARTS) is 1. The minimum absolute atomic E-state index is 0.184. The SMILES string of the molecule is Cc1cc(C)cc(-c2nnc(-c3cccc(C(=O)O)c3)o2)c1. The van der Waals surface area contributed by atoms with E-state index in [1.807, 2.05) is 26.0 Å². The van der Waals surface area contributed by atoms with E-state index in [0.717, 1.165) is 16.7 Å². The van der Waals surface area contributed by atoms with Gasteiger partial charge in [0.2, 0.25) is 11.8 Å². The molecule has 1 N–H and O–H groups in total. The number of benzene rings is 2. The smallest absolute Gasteiger partial charge is 0.335 e. The summed E-state index contributed by atoms with van der Waals surface area (Å²) in [4.78, 5) is 11.0. The first-order valence-corrected chi connectivity index (χ1v) is 6.79. The van der Waals surface area contributed by atoms with Gasteiger partial charge in [-0.05, 0) is 44.2 Å². The molecule has 3 rings (SSSR count). The van der Waals surface area contributed by atoms with Crippen LogP contribution in [0.2, 0.25) is 0 Å². The molecule has 0 unspecified atom stereocenters. The molecule has 2 aromatic carbocycles. The average Bonchev–Trinajstić information content (AvgIpc) is 2.96. The van der Waals surface area contributed by atoms with Gasteiger partial charge < -0.3 is 9.52 Å². The third-order valence-corrected chi connectivity index (χ3v) is 3.25. The van der Waals surface area contributed by atoms with Gasteiger partial charge in [0.25, 0.3) is 0 Å². The summed E-state index contributed by atoms with van der Waals surface area (Å²) in [6.07, 6.45) is 0. The second kappa shape index (κ2) is 5.44. The molecule has 1 heterocycles. The first kappa shape index (κ1) is 14.0. The van der Waals surface area contributed by atoms with E-state index >= 15 is 0 Å². The minimum atomic E-state index is -0.990. The Bertz CT molecular complexity index is 832. The second-order valence-corrected chi connectivity index (χ2v) is 5.17. The fraction of sp³-hybridized carbons (Fsp3) is 0.118. The zero-order chi connectivity index (χ0) is 15.7. The second-order valence-electron chi connectivity index (χ2n) is 5.17. The molecule has 5 nitrogen and oxygen atoms in total. The number of carbonyl (C=O) groups is 1. The summed E-state index contributed by atoms with van der Waals surface area (Å²) in [6.45, 7) is 4.01. The Morgan fingerprint density at radius 1 is 0.955 bits per heavy atom. The number of hydrogen-bond donors (Lipinski definition) is 1. The van der Waals surface area contributed by atoms with Crippen molar-refractivity contribution in [3.05, 3.63) is 59.2 Å². The van der Waals surface area contributed by atoms with Crippen LogP contribution in [0, 0.1) is 13.8 Å². The van der Waals surface area contributed by atoms with Gasteiger partial charge in [0.1, 0.15) is 0 Å². The molecule has 0 saturated heterocycles. The van der Waals surface area contributed by atoms with Crippen molar-refractivity contribution in [3.8, 4) is 22.9 Å². The van der Waals surface area contributed by atoms with Gasteiger partial charge in [-0.2, -0.15) is 0 Å². The van der Waals surface area contributed by atoms with Crippen molar-refractivity contribution < 1.29 is 14.3 Å². The van der Waals surface area contributed by atoms with Crippen LogP contribution in [0.4, 0.5) is 0 Å². The largest absolute Gasteiger partial charge is 0.478 e. The maximum Gasteiger partial charge on any atom is 0.335 e. The number of nitrogens with zero attached hydrogens (tertiary/aromatic N) is 2. The predicted molar refractivity (Wildman–Crippen MR) is 81.6 cm³/mol. The van der Waals surface area contributed by atoms with Crippen molar-refractivity contribution in [1.29, 1.82) is 0 Å². The van der Waals surface area contributed by atoms with Gasteiger partial charge in [0, 0.05) is 11.1 Å². The average molecular weight is 294 g/mol. The van der Waals surface area contributed by atoms with Gasteiger partial charge in [-0.15, -0.1) is 10.2 Å². The van der Waals surface area contributed by atoms with Crippen molar-refractivity contribution in [1.82, 2.24) is 10.2 Å². The van der Waals surface area contributed by atoms with Crippen molar-refractivity contribution in [2.45, 2.75) is 13.8 Å². The predicted octanol–water partition coefficient (Wildman–Crippen LogP) is 3.72. The highest BCUT2D eigenvalue weighted by Crippen LogP contribution is 2.25. The molecular weight excluding hydrogens is 280 g/mol. The van der Waals surface area contributed by atoms with Gasteiger partial charge in [0.05, 0.1) is 5.56 Å². The Balaban J connectivity index is 2.00. The summed E-state index contributed by atoms with van der Waals surface area (Å²) in [7, 11) is 0. The Morgan fingerprint density at radius 3 is 2.23 bits per heavy atom. The lowest BCUT2D eigenvalue weighted by atomic mass is 10.1. The molecule has 0 amide bonds. The third kappa shape index (κ3) is 2.74. The summed E-state index contributed by atoms with van der Waals surface area (Å²) < 4.78 is 5.69. The van der Waals surface area contributed by atoms with Gasteiger partial charge in [-0.3, -0.25) is 0 Å². The van der Waals surface area contributed by atoms with Crippen molar-refractivity contribution in [2.75, 3.05) is 0 Å². The van der Waals surface area contributed by atoms with Gasteiger partial charge in [-0.25, -0.2) is 4.79 Å². The van der Waals surface area contributed by atoms with Crippen molar-refractivity contribution in [2.24, 2.45) is 0 Å². The zero-order valence-electron chi connectivity index (χ0n) is 12.2. The topological polar surface area (TPSA) is 76.2 Å². The Morgan fingerprint density at radius 2 is 1.59 bits per heavy atom. The summed E-state index contributed by atoms with van der Waals surface area (Å²) in [5.41, 5.74) is 3.85. The van der Waals surface area contributed by atoms with Gasteiger partial charge in [0.15, 0.2) is 0 Å². The Labute approximate surface area is 127 Å². The summed E-state index contributed by atoms with van der Waals surface area (Å²) in [5.74, 6) is -0.268. The van der Waals surface area contributed by atoms with Crippen LogP contribution in [-0.4, -0.2) is 21.3 Å². The van der Waals surface area contributed by atoms with Crippen LogP contribution in [0.3, 0.4) is 0 Å². The van der Waals surface area contributed by atoms with E-state index in [1.165, 1.54) is 12.1 Å². The molecule has 3 aromatic rings. The van der Waals surface area contributed by atoms with Crippen LogP contribution in [0.15, 0.2) is 46.9 Å². The van der Waals surface area contributed by atoms with E-state index in [-0.39, 0.29) is 5.56 Å². The molecule has 22 heavy (non-hydrogen) atoms. The van der Waals surface area contributed by atoms with E-state index in [0.29, 0.717) is 17.3 Å². The quantitative estimate of drug-likeness (QED) is 0.796. The maximum absolute atomic E-state index is 11.0. The highest BCUT2D eigenvalue weighted by molar-refractivity contribution is 5.88. The van der Waals surface area contributed by atoms with Crippen molar-refractivity contribution >= 4 is 5.97 Å². The van der Waals surface area contributed by atoms with Gasteiger partial charge >= 0.3 is 5.97 Å². The molecule has 0 fully saturated rings. The van der Waals surface area contributed by atoms with Crippen LogP contribution in [0.25, 0.3) is 22.9 Å². The summed E-state index contributed by atoms with van der Waals surface area (Å²) in [5, 5.41) is 17.1. The lowest BCUT2D eigenvalue weighted by molar-refractivity contribution is 0.0697. The van der Waals surface area contributed by atoms with Crippen molar-refractivity contribution in [3.63, 3.8) is 0 Å². The number of aromatic carboxylic acids is 1. The fourth-order valence-electron chi connectivity index (χ4n) is 2.34. The molecule has 0 spiro atoms. The molecule has 0 radical (unpaired) electrons. The maximum atomic E-state index is 11.0. The molecule has 0 saturated carbocycles. The van der Waals surface area contributed by atoms with Crippen LogP contribution < -0.4 is 0 Å². The Kier molecular flexibility index (Phi) is 3.47. The van der Waals surface area contributed by atoms with Crippen LogP contribution in [-0.2, 0) is 0 Å². The van der Waals surface area contributed by atoms with E-state index < -0.39 is 5.97 Å². The lowest BCUT2D eigenvalue weighted by Gasteiger charge is -2.00. The molecule has 0 aliphatic heterocycles. The molecule has 110 valence electrons. The number of carboxylic acids is 1. The summed E-state index contributed by atoms with van der Waals surface area (Å²) >= 11 is 0. The molecular formula is C17H14N2O3. The molecule has 0 bridgehead atoms. The first-order chi connectivity index (χ1) is 10.5. The van der Waals surface area contributed by atoms with E-state index in [1.54, 1.807) is 12.1 Å². The Hall–Kier alpha value is -2.95. The first-order valence-electron chi connectivity index (χ1n) is 6.79. The lowest BCUT2D eigenvalue weighted by Crippen LogP contribution is -1.95. The highest BCUT2D eigenvalue weighted by Gasteiger charge is 2.13. The number of aryl methyl sites for hydroxylation is 2. The number of hydrogen-bond acceptors (Lipinski definition) is 4. The number of rotatable bonds is 3. The molecule has 0 aliphatic rings. The minimum Gasteiger partial charge on any atom is -0.478 e. The number of aromatic nitrogens is 2. The molecule has 0 atom stereocenters. The van der Waals surface area contributed by atoms with E-state index in [2.05, 4.69) is 16.3 Å². The molecule has 5 heteroatoms.